The van der Waals surface area contributed by atoms with Crippen molar-refractivity contribution in [2.45, 2.75) is 51.4 Å². The van der Waals surface area contributed by atoms with Crippen LogP contribution in [0.4, 0.5) is 5.13 Å². The third kappa shape index (κ3) is 3.32. The smallest absolute Gasteiger partial charge is 0.347 e. The minimum Gasteiger partial charge on any atom is -0.477 e. The van der Waals surface area contributed by atoms with Gasteiger partial charge in [-0.15, -0.1) is 0 Å². The van der Waals surface area contributed by atoms with Gasteiger partial charge in [-0.05, 0) is 12.8 Å². The van der Waals surface area contributed by atoms with Gasteiger partial charge in [-0.2, -0.15) is 0 Å². The van der Waals surface area contributed by atoms with E-state index in [0.717, 1.165) is 37.0 Å². The molecular formula is C13H18N2O3S. The molecule has 1 amide bonds. The highest BCUT2D eigenvalue weighted by Crippen LogP contribution is 2.37. The van der Waals surface area contributed by atoms with Crippen molar-refractivity contribution in [3.8, 4) is 0 Å². The van der Waals surface area contributed by atoms with E-state index in [1.165, 1.54) is 6.42 Å². The van der Waals surface area contributed by atoms with Gasteiger partial charge in [-0.3, -0.25) is 4.79 Å². The highest BCUT2D eigenvalue weighted by molar-refractivity contribution is 7.17. The first-order chi connectivity index (χ1) is 9.11. The Morgan fingerprint density at radius 2 is 2.05 bits per heavy atom. The van der Waals surface area contributed by atoms with E-state index >= 15 is 0 Å². The Hall–Kier alpha value is -1.43. The van der Waals surface area contributed by atoms with Gasteiger partial charge in [0.05, 0.1) is 5.69 Å². The summed E-state index contributed by atoms with van der Waals surface area (Å²) < 4.78 is 0. The van der Waals surface area contributed by atoms with Crippen LogP contribution in [0.2, 0.25) is 0 Å². The zero-order chi connectivity index (χ0) is 13.8. The largest absolute Gasteiger partial charge is 0.477 e. The molecule has 0 aromatic carbocycles. The van der Waals surface area contributed by atoms with Crippen LogP contribution < -0.4 is 5.32 Å². The van der Waals surface area contributed by atoms with Crippen LogP contribution in [0.5, 0.6) is 0 Å². The number of nitrogens with zero attached hydrogens (tertiary/aromatic N) is 1. The molecule has 0 radical (unpaired) electrons. The Bertz CT molecular complexity index is 478. The number of anilines is 1. The second kappa shape index (κ2) is 6.14. The van der Waals surface area contributed by atoms with Crippen molar-refractivity contribution in [2.75, 3.05) is 5.32 Å². The summed E-state index contributed by atoms with van der Waals surface area (Å²) in [5, 5.41) is 12.3. The lowest BCUT2D eigenvalue weighted by Gasteiger charge is -2.20. The van der Waals surface area contributed by atoms with Crippen LogP contribution in [0.3, 0.4) is 0 Å². The predicted octanol–water partition coefficient (Wildman–Crippen LogP) is 3.24. The number of aromatic nitrogens is 1. The summed E-state index contributed by atoms with van der Waals surface area (Å²) in [6.07, 6.45) is 5.80. The molecule has 1 aromatic rings. The normalized spacial score (nSPS) is 16.3. The maximum atomic E-state index is 11.4. The van der Waals surface area contributed by atoms with E-state index in [1.807, 2.05) is 0 Å². The Balaban J connectivity index is 2.24. The fraction of sp³-hybridized carbons (Fsp3) is 0.615. The Morgan fingerprint density at radius 1 is 1.37 bits per heavy atom. The van der Waals surface area contributed by atoms with Gasteiger partial charge in [0, 0.05) is 12.3 Å². The molecule has 1 heterocycles. The number of aromatic carboxylic acids is 1. The van der Waals surface area contributed by atoms with E-state index in [1.54, 1.807) is 6.92 Å². The van der Waals surface area contributed by atoms with E-state index in [9.17, 15) is 14.7 Å². The van der Waals surface area contributed by atoms with Crippen LogP contribution in [-0.2, 0) is 4.79 Å². The number of carbonyl (C=O) groups excluding carboxylic acids is 1. The number of nitrogens with one attached hydrogen (secondary N) is 1. The lowest BCUT2D eigenvalue weighted by Crippen LogP contribution is -2.11. The van der Waals surface area contributed by atoms with Crippen LogP contribution in [0, 0.1) is 0 Å². The molecule has 1 fully saturated rings. The van der Waals surface area contributed by atoms with Gasteiger partial charge in [0.2, 0.25) is 5.91 Å². The molecule has 5 nitrogen and oxygen atoms in total. The van der Waals surface area contributed by atoms with Crippen molar-refractivity contribution < 1.29 is 14.7 Å². The number of carboxylic acid groups (broad SMARTS) is 1. The standard InChI is InChI=1S/C13H18N2O3S/c1-2-9(16)14-13-15-10(11(19-13)12(17)18)8-6-4-3-5-7-8/h8H,2-7H2,1H3,(H,17,18)(H,14,15,16). The average Bonchev–Trinajstić information content (AvgIpc) is 2.83. The first kappa shape index (κ1) is 14.0. The zero-order valence-corrected chi connectivity index (χ0v) is 11.8. The number of carboxylic acids is 1. The summed E-state index contributed by atoms with van der Waals surface area (Å²) in [4.78, 5) is 27.3. The molecular weight excluding hydrogens is 264 g/mol. The maximum Gasteiger partial charge on any atom is 0.347 e. The molecule has 1 aromatic heterocycles. The van der Waals surface area contributed by atoms with Crippen LogP contribution in [0.15, 0.2) is 0 Å². The minimum atomic E-state index is -0.949. The van der Waals surface area contributed by atoms with Crippen molar-refractivity contribution in [1.82, 2.24) is 4.98 Å². The van der Waals surface area contributed by atoms with E-state index < -0.39 is 5.97 Å². The summed E-state index contributed by atoms with van der Waals surface area (Å²) in [5.74, 6) is -0.862. The Morgan fingerprint density at radius 3 is 2.63 bits per heavy atom. The topological polar surface area (TPSA) is 79.3 Å². The van der Waals surface area contributed by atoms with Crippen molar-refractivity contribution in [3.05, 3.63) is 10.6 Å². The zero-order valence-electron chi connectivity index (χ0n) is 10.9. The molecule has 0 saturated heterocycles. The molecule has 0 spiro atoms. The molecule has 104 valence electrons. The quantitative estimate of drug-likeness (QED) is 0.888. The van der Waals surface area contributed by atoms with Gasteiger partial charge >= 0.3 is 5.97 Å². The number of amides is 1. The second-order valence-electron chi connectivity index (χ2n) is 4.78. The SMILES string of the molecule is CCC(=O)Nc1nc(C2CCCCC2)c(C(=O)O)s1. The molecule has 2 N–H and O–H groups in total. The van der Waals surface area contributed by atoms with Crippen molar-refractivity contribution >= 4 is 28.3 Å². The van der Waals surface area contributed by atoms with E-state index in [0.29, 0.717) is 17.2 Å². The van der Waals surface area contributed by atoms with Gasteiger partial charge in [-0.1, -0.05) is 37.5 Å². The third-order valence-electron chi connectivity index (χ3n) is 3.41. The van der Waals surface area contributed by atoms with Gasteiger partial charge in [0.1, 0.15) is 4.88 Å². The summed E-state index contributed by atoms with van der Waals surface area (Å²) in [7, 11) is 0. The molecule has 1 saturated carbocycles. The van der Waals surface area contributed by atoms with Crippen molar-refractivity contribution in [2.24, 2.45) is 0 Å². The Labute approximate surface area is 116 Å². The predicted molar refractivity (Wildman–Crippen MR) is 73.8 cm³/mol. The molecule has 0 bridgehead atoms. The summed E-state index contributed by atoms with van der Waals surface area (Å²) in [6, 6.07) is 0. The van der Waals surface area contributed by atoms with Crippen molar-refractivity contribution in [3.63, 3.8) is 0 Å². The lowest BCUT2D eigenvalue weighted by atomic mass is 9.86. The lowest BCUT2D eigenvalue weighted by molar-refractivity contribution is -0.115. The number of hydrogen-bond acceptors (Lipinski definition) is 4. The fourth-order valence-electron chi connectivity index (χ4n) is 2.40. The average molecular weight is 282 g/mol. The van der Waals surface area contributed by atoms with Gasteiger partial charge in [0.15, 0.2) is 5.13 Å². The fourth-order valence-corrected chi connectivity index (χ4v) is 3.31. The molecule has 0 unspecified atom stereocenters. The summed E-state index contributed by atoms with van der Waals surface area (Å²) in [6.45, 7) is 1.75. The molecule has 0 atom stereocenters. The summed E-state index contributed by atoms with van der Waals surface area (Å²) >= 11 is 1.06. The second-order valence-corrected chi connectivity index (χ2v) is 5.77. The number of carbonyl (C=O) groups is 2. The molecule has 19 heavy (non-hydrogen) atoms. The third-order valence-corrected chi connectivity index (χ3v) is 4.38. The molecule has 1 aliphatic carbocycles. The molecule has 2 rings (SSSR count). The Kier molecular flexibility index (Phi) is 4.52. The first-order valence-corrected chi connectivity index (χ1v) is 7.47. The maximum absolute atomic E-state index is 11.4. The molecule has 1 aliphatic rings. The van der Waals surface area contributed by atoms with Gasteiger partial charge in [-0.25, -0.2) is 9.78 Å². The van der Waals surface area contributed by atoms with E-state index in [2.05, 4.69) is 10.3 Å². The highest BCUT2D eigenvalue weighted by Gasteiger charge is 2.26. The van der Waals surface area contributed by atoms with Gasteiger partial charge < -0.3 is 10.4 Å². The summed E-state index contributed by atoms with van der Waals surface area (Å²) in [5.41, 5.74) is 0.656. The number of rotatable bonds is 4. The molecule has 0 aliphatic heterocycles. The monoisotopic (exact) mass is 282 g/mol. The number of hydrogen-bond donors (Lipinski definition) is 2. The molecule has 6 heteroatoms. The van der Waals surface area contributed by atoms with E-state index in [-0.39, 0.29) is 16.7 Å². The van der Waals surface area contributed by atoms with Crippen molar-refractivity contribution in [1.29, 1.82) is 0 Å². The van der Waals surface area contributed by atoms with Crippen LogP contribution >= 0.6 is 11.3 Å². The minimum absolute atomic E-state index is 0.138. The number of thiazole rings is 1. The highest BCUT2D eigenvalue weighted by atomic mass is 32.1. The van der Waals surface area contributed by atoms with E-state index in [4.69, 9.17) is 0 Å². The van der Waals surface area contributed by atoms with Gasteiger partial charge in [0.25, 0.3) is 0 Å². The van der Waals surface area contributed by atoms with Crippen LogP contribution in [0.25, 0.3) is 0 Å². The van der Waals surface area contributed by atoms with Crippen LogP contribution in [0.1, 0.15) is 66.7 Å². The first-order valence-electron chi connectivity index (χ1n) is 6.65. The van der Waals surface area contributed by atoms with Crippen LogP contribution in [-0.4, -0.2) is 22.0 Å².